The zero-order valence-corrected chi connectivity index (χ0v) is 10.8. The van der Waals surface area contributed by atoms with E-state index in [9.17, 15) is 8.78 Å². The van der Waals surface area contributed by atoms with Crippen LogP contribution in [0.1, 0.15) is 5.56 Å². The van der Waals surface area contributed by atoms with E-state index in [4.69, 9.17) is 0 Å². The third-order valence-electron chi connectivity index (χ3n) is 2.64. The predicted molar refractivity (Wildman–Crippen MR) is 68.2 cm³/mol. The Kier molecular flexibility index (Phi) is 3.15. The minimum absolute atomic E-state index is 0.353. The molecule has 88 valence electrons. The molecule has 0 unspecified atom stereocenters. The van der Waals surface area contributed by atoms with Crippen molar-refractivity contribution in [2.45, 2.75) is 0 Å². The molecule has 0 amide bonds. The highest BCUT2D eigenvalue weighted by molar-refractivity contribution is 9.12. The molecule has 0 radical (unpaired) electrons. The van der Waals surface area contributed by atoms with Gasteiger partial charge in [0.05, 0.1) is 5.70 Å². The maximum Gasteiger partial charge on any atom is 0.135 e. The van der Waals surface area contributed by atoms with E-state index in [-0.39, 0.29) is 0 Å². The van der Waals surface area contributed by atoms with Gasteiger partial charge in [-0.3, -0.25) is 0 Å². The molecule has 0 spiro atoms. The third-order valence-corrected chi connectivity index (χ3v) is 3.36. The number of likely N-dealkylation sites (N-methyl/N-ethyl adjacent to an activating group) is 1. The number of rotatable bonds is 1. The van der Waals surface area contributed by atoms with Gasteiger partial charge in [-0.05, 0) is 40.2 Å². The summed E-state index contributed by atoms with van der Waals surface area (Å²) < 4.78 is 27.3. The smallest absolute Gasteiger partial charge is 0.135 e. The van der Waals surface area contributed by atoms with Crippen LogP contribution < -0.4 is 0 Å². The monoisotopic (exact) mass is 297 g/mol. The fraction of sp³-hybridized carbons (Fsp3) is 0.0769. The molecule has 4 heteroatoms. The van der Waals surface area contributed by atoms with Crippen LogP contribution in [0.25, 0.3) is 5.70 Å². The lowest BCUT2D eigenvalue weighted by Crippen LogP contribution is -2.18. The summed E-state index contributed by atoms with van der Waals surface area (Å²) in [4.78, 5) is 1.75. The van der Waals surface area contributed by atoms with E-state index in [0.29, 0.717) is 11.3 Å². The summed E-state index contributed by atoms with van der Waals surface area (Å²) in [5.41, 5.74) is 1.73. The second-order valence-corrected chi connectivity index (χ2v) is 4.55. The first-order valence-electron chi connectivity index (χ1n) is 4.96. The number of hydrogen-bond acceptors (Lipinski definition) is 1. The molecule has 0 aliphatic carbocycles. The minimum Gasteiger partial charge on any atom is -0.344 e. The summed E-state index contributed by atoms with van der Waals surface area (Å²) in [6, 6.07) is 3.54. The van der Waals surface area contributed by atoms with Crippen LogP contribution in [0.3, 0.4) is 0 Å². The fourth-order valence-corrected chi connectivity index (χ4v) is 2.03. The minimum atomic E-state index is -0.583. The molecule has 0 saturated heterocycles. The average molecular weight is 298 g/mol. The number of benzene rings is 1. The number of hydrogen-bond donors (Lipinski definition) is 0. The summed E-state index contributed by atoms with van der Waals surface area (Å²) in [6.07, 6.45) is 3.55. The highest BCUT2D eigenvalue weighted by atomic mass is 79.9. The summed E-state index contributed by atoms with van der Waals surface area (Å²) in [6.45, 7) is 3.87. The molecule has 1 aliphatic heterocycles. The highest BCUT2D eigenvalue weighted by Crippen LogP contribution is 2.32. The van der Waals surface area contributed by atoms with E-state index in [1.165, 1.54) is 12.1 Å². The van der Waals surface area contributed by atoms with Crippen LogP contribution in [-0.4, -0.2) is 11.9 Å². The number of allylic oxidation sites excluding steroid dienone is 3. The van der Waals surface area contributed by atoms with Gasteiger partial charge in [0.15, 0.2) is 0 Å². The van der Waals surface area contributed by atoms with Gasteiger partial charge < -0.3 is 4.90 Å². The van der Waals surface area contributed by atoms with Gasteiger partial charge in [0.1, 0.15) is 11.6 Å². The Balaban J connectivity index is 2.51. The Hall–Kier alpha value is -1.42. The molecular weight excluding hydrogens is 288 g/mol. The summed E-state index contributed by atoms with van der Waals surface area (Å²) in [5, 5.41) is 0. The van der Waals surface area contributed by atoms with E-state index in [0.717, 1.165) is 16.2 Å². The first-order chi connectivity index (χ1) is 8.00. The summed E-state index contributed by atoms with van der Waals surface area (Å²) in [5.74, 6) is -1.16. The molecule has 2 rings (SSSR count). The first kappa shape index (κ1) is 12.0. The average Bonchev–Trinajstić information content (AvgIpc) is 2.28. The van der Waals surface area contributed by atoms with E-state index >= 15 is 0 Å². The fourth-order valence-electron chi connectivity index (χ4n) is 1.63. The van der Waals surface area contributed by atoms with E-state index in [1.807, 2.05) is 0 Å². The first-order valence-corrected chi connectivity index (χ1v) is 5.76. The van der Waals surface area contributed by atoms with Crippen LogP contribution in [0.5, 0.6) is 0 Å². The second kappa shape index (κ2) is 4.45. The van der Waals surface area contributed by atoms with Gasteiger partial charge in [0.25, 0.3) is 0 Å². The van der Waals surface area contributed by atoms with Crippen LogP contribution in [0.4, 0.5) is 8.78 Å². The predicted octanol–water partition coefficient (Wildman–Crippen LogP) is 4.04. The molecule has 1 nitrogen and oxygen atoms in total. The van der Waals surface area contributed by atoms with Crippen molar-refractivity contribution in [1.29, 1.82) is 0 Å². The Morgan fingerprint density at radius 2 is 1.94 bits per heavy atom. The lowest BCUT2D eigenvalue weighted by Gasteiger charge is -2.27. The largest absolute Gasteiger partial charge is 0.344 e. The standard InChI is InChI=1S/C13H10BrF2N/c1-8-11(14)5-6-13(17(8)2)10-4-3-9(15)7-12(10)16/h3-7H,1H2,2H3. The van der Waals surface area contributed by atoms with Gasteiger partial charge in [-0.25, -0.2) is 8.78 Å². The lowest BCUT2D eigenvalue weighted by molar-refractivity contribution is 0.565. The van der Waals surface area contributed by atoms with Gasteiger partial charge in [0, 0.05) is 28.9 Å². The zero-order chi connectivity index (χ0) is 12.6. The third kappa shape index (κ3) is 2.17. The summed E-state index contributed by atoms with van der Waals surface area (Å²) in [7, 11) is 1.78. The molecule has 17 heavy (non-hydrogen) atoms. The van der Waals surface area contributed by atoms with Crippen molar-refractivity contribution < 1.29 is 8.78 Å². The molecule has 1 aromatic carbocycles. The molecule has 0 aromatic heterocycles. The number of nitrogens with zero attached hydrogens (tertiary/aromatic N) is 1. The van der Waals surface area contributed by atoms with Crippen molar-refractivity contribution in [1.82, 2.24) is 4.90 Å². The van der Waals surface area contributed by atoms with E-state index in [2.05, 4.69) is 22.5 Å². The van der Waals surface area contributed by atoms with Crippen LogP contribution in [0.15, 0.2) is 47.1 Å². The van der Waals surface area contributed by atoms with E-state index in [1.54, 1.807) is 24.1 Å². The second-order valence-electron chi connectivity index (χ2n) is 3.70. The molecule has 0 N–H and O–H groups in total. The Morgan fingerprint density at radius 1 is 1.24 bits per heavy atom. The van der Waals surface area contributed by atoms with Crippen molar-refractivity contribution in [2.75, 3.05) is 7.05 Å². The van der Waals surface area contributed by atoms with Crippen LogP contribution in [-0.2, 0) is 0 Å². The maximum atomic E-state index is 13.7. The van der Waals surface area contributed by atoms with Crippen molar-refractivity contribution in [2.24, 2.45) is 0 Å². The van der Waals surface area contributed by atoms with Gasteiger partial charge in [-0.2, -0.15) is 0 Å². The van der Waals surface area contributed by atoms with Crippen LogP contribution in [0, 0.1) is 11.6 Å². The van der Waals surface area contributed by atoms with Crippen molar-refractivity contribution in [3.8, 4) is 0 Å². The highest BCUT2D eigenvalue weighted by Gasteiger charge is 2.18. The quantitative estimate of drug-likeness (QED) is 0.756. The zero-order valence-electron chi connectivity index (χ0n) is 9.17. The Morgan fingerprint density at radius 3 is 2.59 bits per heavy atom. The van der Waals surface area contributed by atoms with Crippen LogP contribution >= 0.6 is 15.9 Å². The Bertz CT molecular complexity index is 546. The lowest BCUT2D eigenvalue weighted by atomic mass is 10.1. The van der Waals surface area contributed by atoms with Gasteiger partial charge >= 0.3 is 0 Å². The van der Waals surface area contributed by atoms with E-state index < -0.39 is 11.6 Å². The molecule has 0 fully saturated rings. The Labute approximate surface area is 107 Å². The van der Waals surface area contributed by atoms with Crippen molar-refractivity contribution in [3.63, 3.8) is 0 Å². The SMILES string of the molecule is C=C1C(Br)=CC=C(c2ccc(F)cc2F)N1C. The molecule has 1 aromatic rings. The van der Waals surface area contributed by atoms with Gasteiger partial charge in [-0.15, -0.1) is 0 Å². The molecule has 1 aliphatic rings. The molecule has 0 bridgehead atoms. The van der Waals surface area contributed by atoms with Crippen LogP contribution in [0.2, 0.25) is 0 Å². The maximum absolute atomic E-state index is 13.7. The topological polar surface area (TPSA) is 3.24 Å². The molecule has 1 heterocycles. The van der Waals surface area contributed by atoms with Crippen molar-refractivity contribution in [3.05, 3.63) is 64.3 Å². The van der Waals surface area contributed by atoms with Gasteiger partial charge in [-0.1, -0.05) is 6.58 Å². The number of halogens is 3. The molecule has 0 saturated carbocycles. The molecule has 0 atom stereocenters. The molecular formula is C13H10BrF2N. The van der Waals surface area contributed by atoms with Crippen molar-refractivity contribution >= 4 is 21.6 Å². The normalized spacial score (nSPS) is 15.8. The summed E-state index contributed by atoms with van der Waals surface area (Å²) >= 11 is 3.35. The van der Waals surface area contributed by atoms with Gasteiger partial charge in [0.2, 0.25) is 0 Å².